The van der Waals surface area contributed by atoms with Crippen LogP contribution >= 0.6 is 11.3 Å². The second kappa shape index (κ2) is 7.03. The van der Waals surface area contributed by atoms with Crippen LogP contribution < -0.4 is 5.32 Å². The number of aryl methyl sites for hydroxylation is 1. The van der Waals surface area contributed by atoms with Crippen molar-refractivity contribution in [1.82, 2.24) is 5.32 Å². The van der Waals surface area contributed by atoms with Crippen LogP contribution in [0.3, 0.4) is 0 Å². The van der Waals surface area contributed by atoms with Crippen LogP contribution in [0.1, 0.15) is 29.2 Å². The van der Waals surface area contributed by atoms with Gasteiger partial charge in [0.1, 0.15) is 0 Å². The molecule has 2 rings (SSSR count). The molecule has 1 aliphatic carbocycles. The number of hydrogen-bond donors (Lipinski definition) is 2. The Morgan fingerprint density at radius 1 is 1.58 bits per heavy atom. The van der Waals surface area contributed by atoms with Crippen molar-refractivity contribution >= 4 is 17.2 Å². The fourth-order valence-corrected chi connectivity index (χ4v) is 3.33. The van der Waals surface area contributed by atoms with Gasteiger partial charge in [-0.25, -0.2) is 0 Å². The van der Waals surface area contributed by atoms with E-state index in [2.05, 4.69) is 23.7 Å². The fraction of sp³-hybridized carbons (Fsp3) is 0.643. The van der Waals surface area contributed by atoms with E-state index in [1.165, 1.54) is 10.4 Å². The molecule has 0 spiro atoms. The lowest BCUT2D eigenvalue weighted by Gasteiger charge is -2.05. The van der Waals surface area contributed by atoms with Gasteiger partial charge < -0.3 is 15.2 Å². The predicted octanol–water partition coefficient (Wildman–Crippen LogP) is 1.68. The van der Waals surface area contributed by atoms with Gasteiger partial charge in [-0.05, 0) is 36.8 Å². The Kier molecular flexibility index (Phi) is 5.36. The summed E-state index contributed by atoms with van der Waals surface area (Å²) in [5.41, 5.74) is 1.31. The molecule has 1 fully saturated rings. The van der Waals surface area contributed by atoms with Crippen LogP contribution in [0.2, 0.25) is 0 Å². The molecule has 1 heterocycles. The molecule has 5 heteroatoms. The predicted molar refractivity (Wildman–Crippen MR) is 75.4 cm³/mol. The lowest BCUT2D eigenvalue weighted by atomic mass is 10.2. The van der Waals surface area contributed by atoms with Gasteiger partial charge in [-0.1, -0.05) is 0 Å². The molecule has 2 atom stereocenters. The molecule has 1 aromatic heterocycles. The summed E-state index contributed by atoms with van der Waals surface area (Å²) in [6.45, 7) is 3.76. The highest BCUT2D eigenvalue weighted by Gasteiger charge is 2.44. The number of hydrogen-bond acceptors (Lipinski definition) is 4. The average molecular weight is 283 g/mol. The summed E-state index contributed by atoms with van der Waals surface area (Å²) in [5.74, 6) is 0.765. The molecule has 2 unspecified atom stereocenters. The minimum Gasteiger partial charge on any atom is -0.394 e. The van der Waals surface area contributed by atoms with E-state index in [1.54, 1.807) is 11.3 Å². The van der Waals surface area contributed by atoms with Crippen molar-refractivity contribution in [2.24, 2.45) is 5.92 Å². The van der Waals surface area contributed by atoms with Crippen LogP contribution in [0.4, 0.5) is 0 Å². The van der Waals surface area contributed by atoms with Crippen LogP contribution in [-0.4, -0.2) is 37.4 Å². The maximum absolute atomic E-state index is 11.9. The molecule has 1 aromatic rings. The minimum absolute atomic E-state index is 0.0519. The van der Waals surface area contributed by atoms with Crippen molar-refractivity contribution in [1.29, 1.82) is 0 Å². The minimum atomic E-state index is 0.0519. The molecular weight excluding hydrogens is 262 g/mol. The van der Waals surface area contributed by atoms with Crippen molar-refractivity contribution in [2.75, 3.05) is 26.4 Å². The lowest BCUT2D eigenvalue weighted by Crippen LogP contribution is -2.27. The van der Waals surface area contributed by atoms with Crippen LogP contribution in [-0.2, 0) is 9.53 Å². The highest BCUT2D eigenvalue weighted by atomic mass is 32.1. The Bertz CT molecular complexity index is 419. The van der Waals surface area contributed by atoms with Gasteiger partial charge in [0.25, 0.3) is 0 Å². The normalized spacial score (nSPS) is 21.4. The van der Waals surface area contributed by atoms with Crippen LogP contribution in [0.5, 0.6) is 0 Å². The van der Waals surface area contributed by atoms with E-state index in [-0.39, 0.29) is 18.4 Å². The molecule has 0 aliphatic heterocycles. The monoisotopic (exact) mass is 283 g/mol. The number of carbonyl (C=O) groups is 1. The zero-order valence-corrected chi connectivity index (χ0v) is 12.0. The third-order valence-electron chi connectivity index (χ3n) is 3.37. The number of amides is 1. The molecule has 0 radical (unpaired) electrons. The highest BCUT2D eigenvalue weighted by molar-refractivity contribution is 7.10. The van der Waals surface area contributed by atoms with E-state index in [4.69, 9.17) is 9.84 Å². The molecule has 106 valence electrons. The third-order valence-corrected chi connectivity index (χ3v) is 4.52. The lowest BCUT2D eigenvalue weighted by molar-refractivity contribution is -0.122. The van der Waals surface area contributed by atoms with Crippen molar-refractivity contribution in [3.05, 3.63) is 21.9 Å². The van der Waals surface area contributed by atoms with E-state index in [9.17, 15) is 4.79 Å². The van der Waals surface area contributed by atoms with Gasteiger partial charge in [-0.2, -0.15) is 0 Å². The van der Waals surface area contributed by atoms with E-state index in [0.717, 1.165) is 12.8 Å². The number of carbonyl (C=O) groups excluding carboxylic acids is 1. The molecule has 1 amide bonds. The molecule has 19 heavy (non-hydrogen) atoms. The SMILES string of the molecule is Cc1ccsc1C1CC1C(=O)NCCCOCCO. The summed E-state index contributed by atoms with van der Waals surface area (Å²) in [4.78, 5) is 13.3. The summed E-state index contributed by atoms with van der Waals surface area (Å²) in [6, 6.07) is 2.12. The number of nitrogens with one attached hydrogen (secondary N) is 1. The molecule has 0 aromatic carbocycles. The van der Waals surface area contributed by atoms with Gasteiger partial charge in [0.2, 0.25) is 5.91 Å². The summed E-state index contributed by atoms with van der Waals surface area (Å²) in [6.07, 6.45) is 1.77. The molecule has 1 saturated carbocycles. The first-order valence-electron chi connectivity index (χ1n) is 6.74. The number of ether oxygens (including phenoxy) is 1. The topological polar surface area (TPSA) is 58.6 Å². The number of aliphatic hydroxyl groups is 1. The fourth-order valence-electron chi connectivity index (χ4n) is 2.22. The van der Waals surface area contributed by atoms with Gasteiger partial charge in [0.15, 0.2) is 0 Å². The van der Waals surface area contributed by atoms with Crippen LogP contribution in [0.15, 0.2) is 11.4 Å². The summed E-state index contributed by atoms with van der Waals surface area (Å²) < 4.78 is 5.14. The van der Waals surface area contributed by atoms with Crippen molar-refractivity contribution < 1.29 is 14.6 Å². The van der Waals surface area contributed by atoms with Gasteiger partial charge in [0, 0.05) is 29.9 Å². The van der Waals surface area contributed by atoms with E-state index in [0.29, 0.717) is 25.7 Å². The highest BCUT2D eigenvalue weighted by Crippen LogP contribution is 2.50. The van der Waals surface area contributed by atoms with E-state index in [1.807, 2.05) is 0 Å². The summed E-state index contributed by atoms with van der Waals surface area (Å²) in [5, 5.41) is 13.6. The summed E-state index contributed by atoms with van der Waals surface area (Å²) in [7, 11) is 0. The Labute approximate surface area is 117 Å². The second-order valence-electron chi connectivity index (χ2n) is 4.90. The second-order valence-corrected chi connectivity index (χ2v) is 5.84. The van der Waals surface area contributed by atoms with Crippen molar-refractivity contribution in [3.63, 3.8) is 0 Å². The van der Waals surface area contributed by atoms with Gasteiger partial charge in [0.05, 0.1) is 13.2 Å². The number of thiophene rings is 1. The Morgan fingerprint density at radius 3 is 3.11 bits per heavy atom. The van der Waals surface area contributed by atoms with E-state index >= 15 is 0 Å². The molecular formula is C14H21NO3S. The van der Waals surface area contributed by atoms with Crippen molar-refractivity contribution in [3.8, 4) is 0 Å². The first-order chi connectivity index (χ1) is 9.24. The Hall–Kier alpha value is -0.910. The van der Waals surface area contributed by atoms with Gasteiger partial charge >= 0.3 is 0 Å². The van der Waals surface area contributed by atoms with E-state index < -0.39 is 0 Å². The van der Waals surface area contributed by atoms with Crippen LogP contribution in [0, 0.1) is 12.8 Å². The van der Waals surface area contributed by atoms with Crippen LogP contribution in [0.25, 0.3) is 0 Å². The molecule has 4 nitrogen and oxygen atoms in total. The largest absolute Gasteiger partial charge is 0.394 e. The molecule has 0 saturated heterocycles. The Morgan fingerprint density at radius 2 is 2.42 bits per heavy atom. The zero-order valence-electron chi connectivity index (χ0n) is 11.2. The first kappa shape index (κ1) is 14.5. The summed E-state index contributed by atoms with van der Waals surface area (Å²) >= 11 is 1.76. The standard InChI is InChI=1S/C14H21NO3S/c1-10-3-8-19-13(10)11-9-12(11)14(17)15-4-2-6-18-7-5-16/h3,8,11-12,16H,2,4-7,9H2,1H3,(H,15,17). The van der Waals surface area contributed by atoms with Gasteiger partial charge in [-0.3, -0.25) is 4.79 Å². The number of aliphatic hydroxyl groups excluding tert-OH is 1. The molecule has 2 N–H and O–H groups in total. The smallest absolute Gasteiger partial charge is 0.223 e. The maximum atomic E-state index is 11.9. The Balaban J connectivity index is 1.62. The van der Waals surface area contributed by atoms with Crippen molar-refractivity contribution in [2.45, 2.75) is 25.7 Å². The van der Waals surface area contributed by atoms with Gasteiger partial charge in [-0.15, -0.1) is 11.3 Å². The molecule has 1 aliphatic rings. The quantitative estimate of drug-likeness (QED) is 0.714. The third kappa shape index (κ3) is 4.03. The maximum Gasteiger partial charge on any atom is 0.223 e. The molecule has 0 bridgehead atoms. The first-order valence-corrected chi connectivity index (χ1v) is 7.62. The number of rotatable bonds is 8. The average Bonchev–Trinajstić information content (AvgIpc) is 3.09. The zero-order chi connectivity index (χ0) is 13.7.